The molecule has 0 spiro atoms. The van der Waals surface area contributed by atoms with Gasteiger partial charge < -0.3 is 10.5 Å². The van der Waals surface area contributed by atoms with Gasteiger partial charge in [0.05, 0.1) is 12.0 Å². The van der Waals surface area contributed by atoms with Gasteiger partial charge in [0.25, 0.3) is 0 Å². The Hall–Kier alpha value is -1.04. The first-order chi connectivity index (χ1) is 10.3. The van der Waals surface area contributed by atoms with Crippen LogP contribution in [0.25, 0.3) is 10.8 Å². The topological polar surface area (TPSA) is 61.0 Å². The van der Waals surface area contributed by atoms with Crippen molar-refractivity contribution in [2.75, 3.05) is 12.9 Å². The van der Waals surface area contributed by atoms with E-state index in [1.807, 2.05) is 31.7 Å². The lowest BCUT2D eigenvalue weighted by Crippen LogP contribution is -2.29. The molecule has 1 unspecified atom stereocenters. The van der Waals surface area contributed by atoms with Crippen LogP contribution in [0.5, 0.6) is 5.88 Å². The number of nitrogens with two attached hydrogens (primary N) is 1. The highest BCUT2D eigenvalue weighted by atomic mass is 35.5. The Balaban J connectivity index is 2.37. The molecule has 0 aliphatic heterocycles. The largest absolute Gasteiger partial charge is 0.477 e. The normalized spacial score (nSPS) is 13.4. The van der Waals surface area contributed by atoms with Gasteiger partial charge >= 0.3 is 0 Å². The summed E-state index contributed by atoms with van der Waals surface area (Å²) in [6, 6.07) is 1.82. The molecule has 0 aliphatic carbocycles. The summed E-state index contributed by atoms with van der Waals surface area (Å²) < 4.78 is 5.85. The molecule has 2 N–H and O–H groups in total. The molecule has 0 radical (unpaired) electrons. The molecule has 0 saturated heterocycles. The standard InChI is InChI=1S/C16H22ClN3OS/c1-10(22-4)5-6-21-15-12-8-19-14(17)7-11(12)13(9-20-15)16(2,3)18/h7-10H,5-6,18H2,1-4H3. The minimum absolute atomic E-state index is 0.436. The first-order valence-corrected chi connectivity index (χ1v) is 8.88. The van der Waals surface area contributed by atoms with Crippen LogP contribution in [-0.4, -0.2) is 28.1 Å². The van der Waals surface area contributed by atoms with Crippen LogP contribution >= 0.6 is 23.4 Å². The van der Waals surface area contributed by atoms with E-state index in [2.05, 4.69) is 23.1 Å². The number of thioether (sulfide) groups is 1. The van der Waals surface area contributed by atoms with Crippen molar-refractivity contribution in [3.8, 4) is 5.88 Å². The van der Waals surface area contributed by atoms with Crippen LogP contribution in [0.2, 0.25) is 5.15 Å². The van der Waals surface area contributed by atoms with Crippen molar-refractivity contribution in [2.45, 2.75) is 38.0 Å². The second-order valence-corrected chi connectivity index (χ2v) is 7.60. The average molecular weight is 340 g/mol. The van der Waals surface area contributed by atoms with Gasteiger partial charge in [-0.05, 0) is 43.5 Å². The zero-order valence-electron chi connectivity index (χ0n) is 13.4. The second-order valence-electron chi connectivity index (χ2n) is 5.93. The summed E-state index contributed by atoms with van der Waals surface area (Å²) in [5.41, 5.74) is 6.65. The van der Waals surface area contributed by atoms with Gasteiger partial charge in [-0.25, -0.2) is 9.97 Å². The van der Waals surface area contributed by atoms with Gasteiger partial charge in [-0.2, -0.15) is 11.8 Å². The van der Waals surface area contributed by atoms with E-state index in [0.717, 1.165) is 22.8 Å². The molecule has 2 aromatic rings. The minimum Gasteiger partial charge on any atom is -0.477 e. The molecule has 6 heteroatoms. The molecule has 0 saturated carbocycles. The Labute approximate surface area is 140 Å². The zero-order chi connectivity index (χ0) is 16.3. The quantitative estimate of drug-likeness (QED) is 0.806. The number of halogens is 1. The fourth-order valence-electron chi connectivity index (χ4n) is 2.15. The van der Waals surface area contributed by atoms with E-state index in [0.29, 0.717) is 22.9 Å². The van der Waals surface area contributed by atoms with Crippen LogP contribution in [-0.2, 0) is 5.54 Å². The molecular weight excluding hydrogens is 318 g/mol. The van der Waals surface area contributed by atoms with E-state index in [-0.39, 0.29) is 0 Å². The third-order valence-corrected chi connectivity index (χ3v) is 4.81. The molecule has 0 amide bonds. The number of fused-ring (bicyclic) bond motifs is 1. The second kappa shape index (κ2) is 7.02. The number of hydrogen-bond acceptors (Lipinski definition) is 5. The maximum Gasteiger partial charge on any atom is 0.222 e. The van der Waals surface area contributed by atoms with Gasteiger partial charge in [-0.1, -0.05) is 18.5 Å². The van der Waals surface area contributed by atoms with Crippen molar-refractivity contribution < 1.29 is 4.74 Å². The van der Waals surface area contributed by atoms with Crippen LogP contribution in [0.1, 0.15) is 32.8 Å². The van der Waals surface area contributed by atoms with Crippen LogP contribution < -0.4 is 10.5 Å². The molecule has 2 heterocycles. The Morgan fingerprint density at radius 3 is 2.68 bits per heavy atom. The van der Waals surface area contributed by atoms with Gasteiger partial charge in [0.1, 0.15) is 5.15 Å². The summed E-state index contributed by atoms with van der Waals surface area (Å²) in [6.45, 7) is 6.69. The van der Waals surface area contributed by atoms with Crippen LogP contribution in [0.4, 0.5) is 0 Å². The lowest BCUT2D eigenvalue weighted by atomic mass is 9.93. The molecular formula is C16H22ClN3OS. The Kier molecular flexibility index (Phi) is 5.53. The first-order valence-electron chi connectivity index (χ1n) is 7.22. The van der Waals surface area contributed by atoms with Gasteiger partial charge in [-0.3, -0.25) is 0 Å². The fraction of sp³-hybridized carbons (Fsp3) is 0.500. The van der Waals surface area contributed by atoms with Gasteiger partial charge in [-0.15, -0.1) is 0 Å². The number of nitrogens with zero attached hydrogens (tertiary/aromatic N) is 2. The van der Waals surface area contributed by atoms with E-state index in [1.165, 1.54) is 0 Å². The van der Waals surface area contributed by atoms with E-state index >= 15 is 0 Å². The number of aromatic nitrogens is 2. The van der Waals surface area contributed by atoms with E-state index in [1.54, 1.807) is 12.4 Å². The lowest BCUT2D eigenvalue weighted by molar-refractivity contribution is 0.303. The molecule has 2 aromatic heterocycles. The third kappa shape index (κ3) is 4.03. The van der Waals surface area contributed by atoms with E-state index in [4.69, 9.17) is 22.1 Å². The number of ether oxygens (including phenoxy) is 1. The average Bonchev–Trinajstić information content (AvgIpc) is 2.45. The molecule has 0 fully saturated rings. The lowest BCUT2D eigenvalue weighted by Gasteiger charge is -2.22. The summed E-state index contributed by atoms with van der Waals surface area (Å²) in [4.78, 5) is 8.58. The minimum atomic E-state index is -0.512. The Morgan fingerprint density at radius 2 is 2.05 bits per heavy atom. The first kappa shape index (κ1) is 17.3. The highest BCUT2D eigenvalue weighted by Crippen LogP contribution is 2.32. The van der Waals surface area contributed by atoms with Crippen molar-refractivity contribution in [1.29, 1.82) is 0 Å². The predicted octanol–water partition coefficient (Wildman–Crippen LogP) is 4.00. The summed E-state index contributed by atoms with van der Waals surface area (Å²) in [7, 11) is 0. The van der Waals surface area contributed by atoms with Crippen LogP contribution in [0.15, 0.2) is 18.5 Å². The molecule has 4 nitrogen and oxygen atoms in total. The fourth-order valence-corrected chi connectivity index (χ4v) is 2.64. The number of pyridine rings is 2. The number of hydrogen-bond donors (Lipinski definition) is 1. The molecule has 22 heavy (non-hydrogen) atoms. The molecule has 1 atom stereocenters. The highest BCUT2D eigenvalue weighted by Gasteiger charge is 2.20. The smallest absolute Gasteiger partial charge is 0.222 e. The molecule has 2 rings (SSSR count). The van der Waals surface area contributed by atoms with Gasteiger partial charge in [0.2, 0.25) is 5.88 Å². The van der Waals surface area contributed by atoms with E-state index in [9.17, 15) is 0 Å². The van der Waals surface area contributed by atoms with Crippen LogP contribution in [0.3, 0.4) is 0 Å². The summed E-state index contributed by atoms with van der Waals surface area (Å²) in [5, 5.41) is 2.78. The van der Waals surface area contributed by atoms with Crippen molar-refractivity contribution in [2.24, 2.45) is 5.73 Å². The SMILES string of the molecule is CSC(C)CCOc1ncc(C(C)(C)N)c2cc(Cl)ncc12. The van der Waals surface area contributed by atoms with Gasteiger partial charge in [0.15, 0.2) is 0 Å². The van der Waals surface area contributed by atoms with Gasteiger partial charge in [0, 0.05) is 23.2 Å². The third-order valence-electron chi connectivity index (χ3n) is 3.56. The van der Waals surface area contributed by atoms with Crippen molar-refractivity contribution in [3.05, 3.63) is 29.2 Å². The van der Waals surface area contributed by atoms with Crippen molar-refractivity contribution in [3.63, 3.8) is 0 Å². The predicted molar refractivity (Wildman–Crippen MR) is 94.9 cm³/mol. The molecule has 0 bridgehead atoms. The summed E-state index contributed by atoms with van der Waals surface area (Å²) >= 11 is 7.87. The van der Waals surface area contributed by atoms with E-state index < -0.39 is 5.54 Å². The maximum absolute atomic E-state index is 6.23. The van der Waals surface area contributed by atoms with Crippen molar-refractivity contribution >= 4 is 34.1 Å². The Morgan fingerprint density at radius 1 is 1.32 bits per heavy atom. The molecule has 0 aromatic carbocycles. The highest BCUT2D eigenvalue weighted by molar-refractivity contribution is 7.99. The summed E-state index contributed by atoms with van der Waals surface area (Å²) in [5.74, 6) is 0.584. The zero-order valence-corrected chi connectivity index (χ0v) is 15.0. The van der Waals surface area contributed by atoms with Crippen LogP contribution in [0, 0.1) is 0 Å². The number of rotatable bonds is 6. The van der Waals surface area contributed by atoms with Crippen molar-refractivity contribution in [1.82, 2.24) is 9.97 Å². The Bertz CT molecular complexity index is 658. The molecule has 0 aliphatic rings. The molecule has 120 valence electrons. The monoisotopic (exact) mass is 339 g/mol. The summed E-state index contributed by atoms with van der Waals surface area (Å²) in [6.07, 6.45) is 6.54. The maximum atomic E-state index is 6.23.